The predicted molar refractivity (Wildman–Crippen MR) is 53.0 cm³/mol. The minimum Gasteiger partial charge on any atom is -0.315 e. The molecule has 1 N–H and O–H groups in total. The first kappa shape index (κ1) is 11.6. The molecule has 6 nitrogen and oxygen atoms in total. The van der Waals surface area contributed by atoms with E-state index in [1.807, 2.05) is 6.92 Å². The molecule has 84 valence electrons. The summed E-state index contributed by atoms with van der Waals surface area (Å²) >= 11 is 0. The minimum atomic E-state index is -0.754. The Labute approximate surface area is 88.2 Å². The van der Waals surface area contributed by atoms with Crippen LogP contribution >= 0.6 is 0 Å². The van der Waals surface area contributed by atoms with Gasteiger partial charge in [0.2, 0.25) is 0 Å². The van der Waals surface area contributed by atoms with E-state index in [1.54, 1.807) is 0 Å². The van der Waals surface area contributed by atoms with E-state index < -0.39 is 17.8 Å². The van der Waals surface area contributed by atoms with E-state index in [-0.39, 0.29) is 6.54 Å². The van der Waals surface area contributed by atoms with Crippen LogP contribution in [-0.2, 0) is 9.59 Å². The molecule has 15 heavy (non-hydrogen) atoms. The van der Waals surface area contributed by atoms with Gasteiger partial charge in [-0.25, -0.2) is 4.79 Å². The van der Waals surface area contributed by atoms with Crippen molar-refractivity contribution in [3.63, 3.8) is 0 Å². The zero-order chi connectivity index (χ0) is 11.4. The molecule has 1 rings (SSSR count). The summed E-state index contributed by atoms with van der Waals surface area (Å²) in [5.74, 6) is -1.49. The first-order valence-electron chi connectivity index (χ1n) is 4.93. The quantitative estimate of drug-likeness (QED) is 0.376. The van der Waals surface area contributed by atoms with Crippen molar-refractivity contribution in [1.82, 2.24) is 15.1 Å². The topological polar surface area (TPSA) is 69.7 Å². The van der Waals surface area contributed by atoms with Crippen LogP contribution in [0.2, 0.25) is 0 Å². The summed E-state index contributed by atoms with van der Waals surface area (Å²) in [6, 6.07) is -0.539. The molecule has 0 radical (unpaired) electrons. The zero-order valence-electron chi connectivity index (χ0n) is 8.95. The fraction of sp³-hybridized carbons (Fsp3) is 0.667. The van der Waals surface area contributed by atoms with Crippen molar-refractivity contribution in [1.29, 1.82) is 0 Å². The van der Waals surface area contributed by atoms with Crippen molar-refractivity contribution < 1.29 is 14.4 Å². The van der Waals surface area contributed by atoms with Gasteiger partial charge in [0.05, 0.1) is 0 Å². The van der Waals surface area contributed by atoms with Gasteiger partial charge in [0.1, 0.15) is 0 Å². The van der Waals surface area contributed by atoms with Crippen molar-refractivity contribution in [2.45, 2.75) is 13.3 Å². The Balaban J connectivity index is 2.45. The largest absolute Gasteiger partial charge is 0.333 e. The number of hydrogen-bond acceptors (Lipinski definition) is 4. The molecule has 1 aliphatic rings. The highest BCUT2D eigenvalue weighted by atomic mass is 16.2. The molecule has 0 atom stereocenters. The monoisotopic (exact) mass is 213 g/mol. The van der Waals surface area contributed by atoms with Gasteiger partial charge in [-0.3, -0.25) is 19.4 Å². The molecule has 0 spiro atoms. The highest BCUT2D eigenvalue weighted by Crippen LogP contribution is 2.08. The normalized spacial score (nSPS) is 16.8. The number of nitrogens with zero attached hydrogens (tertiary/aromatic N) is 2. The molecule has 1 fully saturated rings. The van der Waals surface area contributed by atoms with E-state index in [4.69, 9.17) is 0 Å². The fourth-order valence-corrected chi connectivity index (χ4v) is 1.30. The molecule has 0 aromatic heterocycles. The van der Waals surface area contributed by atoms with Crippen molar-refractivity contribution in [3.05, 3.63) is 0 Å². The average Bonchev–Trinajstić information content (AvgIpc) is 2.41. The molecule has 1 saturated heterocycles. The van der Waals surface area contributed by atoms with E-state index in [1.165, 1.54) is 7.05 Å². The lowest BCUT2D eigenvalue weighted by Crippen LogP contribution is -2.37. The number of imide groups is 2. The maximum absolute atomic E-state index is 11.4. The van der Waals surface area contributed by atoms with Crippen LogP contribution in [0.4, 0.5) is 4.79 Å². The van der Waals surface area contributed by atoms with Crippen molar-refractivity contribution in [2.24, 2.45) is 0 Å². The Hall–Kier alpha value is -1.43. The van der Waals surface area contributed by atoms with Gasteiger partial charge in [-0.15, -0.1) is 0 Å². The molecule has 0 unspecified atom stereocenters. The summed E-state index contributed by atoms with van der Waals surface area (Å²) < 4.78 is 0. The minimum absolute atomic E-state index is 0.244. The molecular weight excluding hydrogens is 198 g/mol. The summed E-state index contributed by atoms with van der Waals surface area (Å²) in [6.07, 6.45) is 0.987. The summed E-state index contributed by atoms with van der Waals surface area (Å²) in [6.45, 7) is 3.62. The van der Waals surface area contributed by atoms with Crippen LogP contribution in [0.25, 0.3) is 0 Å². The molecule has 6 heteroatoms. The molecule has 0 bridgehead atoms. The van der Waals surface area contributed by atoms with E-state index in [9.17, 15) is 14.4 Å². The SMILES string of the molecule is CCCNCCN1C(=O)C(=O)N(C)C1=O. The average molecular weight is 213 g/mol. The Morgan fingerprint density at radius 3 is 2.27 bits per heavy atom. The molecular formula is C9H15N3O3. The van der Waals surface area contributed by atoms with E-state index >= 15 is 0 Å². The van der Waals surface area contributed by atoms with E-state index in [0.717, 1.165) is 22.8 Å². The molecule has 1 heterocycles. The van der Waals surface area contributed by atoms with Gasteiger partial charge in [0.25, 0.3) is 0 Å². The molecule has 1 aliphatic heterocycles. The number of likely N-dealkylation sites (N-methyl/N-ethyl adjacent to an activating group) is 1. The number of urea groups is 1. The fourth-order valence-electron chi connectivity index (χ4n) is 1.30. The van der Waals surface area contributed by atoms with Crippen LogP contribution in [0, 0.1) is 0 Å². The first-order chi connectivity index (χ1) is 7.09. The number of carbonyl (C=O) groups is 3. The van der Waals surface area contributed by atoms with Crippen LogP contribution in [0.3, 0.4) is 0 Å². The van der Waals surface area contributed by atoms with Crippen LogP contribution < -0.4 is 5.32 Å². The van der Waals surface area contributed by atoms with Crippen LogP contribution in [0.5, 0.6) is 0 Å². The molecule has 0 saturated carbocycles. The maximum Gasteiger partial charge on any atom is 0.333 e. The third-order valence-electron chi connectivity index (χ3n) is 2.19. The highest BCUT2D eigenvalue weighted by Gasteiger charge is 2.41. The number of hydrogen-bond donors (Lipinski definition) is 1. The lowest BCUT2D eigenvalue weighted by molar-refractivity contribution is -0.142. The summed E-state index contributed by atoms with van der Waals surface area (Å²) in [7, 11) is 1.31. The molecule has 4 amide bonds. The van der Waals surface area contributed by atoms with Crippen molar-refractivity contribution >= 4 is 17.8 Å². The Morgan fingerprint density at radius 2 is 1.80 bits per heavy atom. The Kier molecular flexibility index (Phi) is 3.79. The lowest BCUT2D eigenvalue weighted by atomic mass is 10.4. The standard InChI is InChI=1S/C9H15N3O3/c1-3-4-10-5-6-12-8(14)7(13)11(2)9(12)15/h10H,3-6H2,1-2H3. The third kappa shape index (κ3) is 2.33. The Bertz CT molecular complexity index is 290. The van der Waals surface area contributed by atoms with Crippen molar-refractivity contribution in [2.75, 3.05) is 26.7 Å². The second-order valence-corrected chi connectivity index (χ2v) is 3.35. The number of nitrogens with one attached hydrogen (secondary N) is 1. The van der Waals surface area contributed by atoms with Gasteiger partial charge in [0, 0.05) is 20.1 Å². The second-order valence-electron chi connectivity index (χ2n) is 3.35. The van der Waals surface area contributed by atoms with Gasteiger partial charge in [-0.1, -0.05) is 6.92 Å². The summed E-state index contributed by atoms with van der Waals surface area (Å²) in [5.41, 5.74) is 0. The van der Waals surface area contributed by atoms with Gasteiger partial charge in [-0.05, 0) is 13.0 Å². The summed E-state index contributed by atoms with van der Waals surface area (Å²) in [5, 5.41) is 3.06. The molecule has 0 aromatic carbocycles. The highest BCUT2D eigenvalue weighted by molar-refractivity contribution is 6.44. The van der Waals surface area contributed by atoms with Crippen molar-refractivity contribution in [3.8, 4) is 0 Å². The van der Waals surface area contributed by atoms with Crippen LogP contribution in [-0.4, -0.2) is 54.3 Å². The van der Waals surface area contributed by atoms with Gasteiger partial charge < -0.3 is 5.32 Å². The smallest absolute Gasteiger partial charge is 0.315 e. The zero-order valence-corrected chi connectivity index (χ0v) is 8.95. The molecule has 0 aromatic rings. The summed E-state index contributed by atoms with van der Waals surface area (Å²) in [4.78, 5) is 35.6. The van der Waals surface area contributed by atoms with E-state index in [2.05, 4.69) is 5.32 Å². The number of carbonyl (C=O) groups excluding carboxylic acids is 3. The lowest BCUT2D eigenvalue weighted by Gasteiger charge is -2.12. The Morgan fingerprint density at radius 1 is 1.13 bits per heavy atom. The van der Waals surface area contributed by atoms with Gasteiger partial charge >= 0.3 is 17.8 Å². The molecule has 0 aliphatic carbocycles. The number of amides is 4. The van der Waals surface area contributed by atoms with Crippen LogP contribution in [0.15, 0.2) is 0 Å². The predicted octanol–water partition coefficient (Wildman–Crippen LogP) is -0.593. The van der Waals surface area contributed by atoms with Gasteiger partial charge in [-0.2, -0.15) is 0 Å². The van der Waals surface area contributed by atoms with E-state index in [0.29, 0.717) is 6.54 Å². The second kappa shape index (κ2) is 4.88. The maximum atomic E-state index is 11.4. The van der Waals surface area contributed by atoms with Gasteiger partial charge in [0.15, 0.2) is 0 Å². The first-order valence-corrected chi connectivity index (χ1v) is 4.93. The number of rotatable bonds is 5. The van der Waals surface area contributed by atoms with Crippen LogP contribution in [0.1, 0.15) is 13.3 Å². The third-order valence-corrected chi connectivity index (χ3v) is 2.19.